The third-order valence-electron chi connectivity index (χ3n) is 5.36. The van der Waals surface area contributed by atoms with Gasteiger partial charge in [-0.05, 0) is 74.0 Å². The minimum atomic E-state index is -0.912. The molecule has 1 aliphatic rings. The van der Waals surface area contributed by atoms with E-state index in [0.717, 1.165) is 5.56 Å². The fourth-order valence-electron chi connectivity index (χ4n) is 3.83. The predicted molar refractivity (Wildman–Crippen MR) is 119 cm³/mol. The molecular formula is C25H23NO6. The molecule has 7 heteroatoms. The number of carbonyl (C=O) groups is 2. The molecule has 2 heterocycles. The summed E-state index contributed by atoms with van der Waals surface area (Å²) in [5.74, 6) is -0.141. The second-order valence-corrected chi connectivity index (χ2v) is 7.30. The largest absolute Gasteiger partial charge is 0.507 e. The molecule has 0 aliphatic carbocycles. The van der Waals surface area contributed by atoms with Crippen molar-refractivity contribution < 1.29 is 28.6 Å². The Morgan fingerprint density at radius 1 is 1.12 bits per heavy atom. The van der Waals surface area contributed by atoms with Crippen molar-refractivity contribution in [1.29, 1.82) is 0 Å². The van der Waals surface area contributed by atoms with Crippen LogP contribution in [0.4, 0.5) is 5.69 Å². The van der Waals surface area contributed by atoms with Gasteiger partial charge in [-0.25, -0.2) is 0 Å². The summed E-state index contributed by atoms with van der Waals surface area (Å²) < 4.78 is 16.3. The van der Waals surface area contributed by atoms with E-state index in [-0.39, 0.29) is 11.3 Å². The lowest BCUT2D eigenvalue weighted by atomic mass is 9.98. The van der Waals surface area contributed by atoms with E-state index in [1.54, 1.807) is 61.7 Å². The summed E-state index contributed by atoms with van der Waals surface area (Å²) in [6.45, 7) is 4.25. The summed E-state index contributed by atoms with van der Waals surface area (Å²) in [6.07, 6.45) is 1.46. The summed E-state index contributed by atoms with van der Waals surface area (Å²) in [6, 6.07) is 14.3. The number of nitrogens with zero attached hydrogens (tertiary/aromatic N) is 1. The van der Waals surface area contributed by atoms with E-state index < -0.39 is 17.7 Å². The number of methoxy groups -OCH3 is 1. The van der Waals surface area contributed by atoms with E-state index in [0.29, 0.717) is 35.1 Å². The predicted octanol–water partition coefficient (Wildman–Crippen LogP) is 4.62. The van der Waals surface area contributed by atoms with Gasteiger partial charge >= 0.3 is 0 Å². The van der Waals surface area contributed by atoms with Crippen LogP contribution in [-0.4, -0.2) is 30.5 Å². The van der Waals surface area contributed by atoms with Crippen LogP contribution in [0.25, 0.3) is 5.76 Å². The molecule has 1 saturated heterocycles. The number of hydrogen-bond donors (Lipinski definition) is 1. The number of ether oxygens (including phenoxy) is 2. The molecule has 1 amide bonds. The zero-order valence-electron chi connectivity index (χ0n) is 18.0. The Hall–Kier alpha value is -4.00. The van der Waals surface area contributed by atoms with Crippen molar-refractivity contribution in [2.45, 2.75) is 19.9 Å². The molecule has 0 bridgehead atoms. The van der Waals surface area contributed by atoms with Gasteiger partial charge in [0.05, 0.1) is 25.6 Å². The number of Topliss-reactive ketones (excluding diaryl/α,β-unsaturated/α-hetero) is 1. The summed E-state index contributed by atoms with van der Waals surface area (Å²) in [5, 5.41) is 11.1. The molecular weight excluding hydrogens is 410 g/mol. The van der Waals surface area contributed by atoms with Crippen LogP contribution in [0, 0.1) is 6.92 Å². The van der Waals surface area contributed by atoms with Crippen molar-refractivity contribution >= 4 is 23.1 Å². The van der Waals surface area contributed by atoms with Crippen LogP contribution in [0.15, 0.2) is 70.9 Å². The van der Waals surface area contributed by atoms with E-state index in [9.17, 15) is 14.7 Å². The zero-order chi connectivity index (χ0) is 22.8. The number of aliphatic hydroxyl groups is 1. The van der Waals surface area contributed by atoms with E-state index in [2.05, 4.69) is 0 Å². The Morgan fingerprint density at radius 2 is 1.88 bits per heavy atom. The highest BCUT2D eigenvalue weighted by atomic mass is 16.5. The first-order chi connectivity index (χ1) is 15.5. The number of amides is 1. The average Bonchev–Trinajstić information content (AvgIpc) is 3.42. The van der Waals surface area contributed by atoms with Crippen molar-refractivity contribution in [1.82, 2.24) is 0 Å². The molecule has 1 aliphatic heterocycles. The maximum Gasteiger partial charge on any atom is 0.300 e. The maximum atomic E-state index is 13.1. The minimum absolute atomic E-state index is 0.0377. The lowest BCUT2D eigenvalue weighted by Gasteiger charge is -2.23. The molecule has 1 aromatic heterocycles. The first-order valence-electron chi connectivity index (χ1n) is 10.2. The molecule has 2 aromatic carbocycles. The molecule has 1 unspecified atom stereocenters. The fourth-order valence-corrected chi connectivity index (χ4v) is 3.83. The molecule has 32 heavy (non-hydrogen) atoms. The van der Waals surface area contributed by atoms with Crippen LogP contribution in [0.2, 0.25) is 0 Å². The molecule has 0 radical (unpaired) electrons. The van der Waals surface area contributed by atoms with E-state index in [1.807, 2.05) is 13.8 Å². The van der Waals surface area contributed by atoms with Crippen molar-refractivity contribution in [2.24, 2.45) is 0 Å². The second kappa shape index (κ2) is 8.63. The molecule has 0 saturated carbocycles. The fraction of sp³-hybridized carbons (Fsp3) is 0.200. The number of aliphatic hydroxyl groups excluding tert-OH is 1. The Balaban J connectivity index is 1.85. The number of aryl methyl sites for hydroxylation is 1. The quantitative estimate of drug-likeness (QED) is 0.347. The van der Waals surface area contributed by atoms with Gasteiger partial charge < -0.3 is 19.0 Å². The molecule has 1 fully saturated rings. The van der Waals surface area contributed by atoms with Crippen LogP contribution < -0.4 is 14.4 Å². The Labute approximate surface area is 185 Å². The van der Waals surface area contributed by atoms with Gasteiger partial charge in [0.15, 0.2) is 0 Å². The summed E-state index contributed by atoms with van der Waals surface area (Å²) in [4.78, 5) is 27.5. The molecule has 3 aromatic rings. The van der Waals surface area contributed by atoms with E-state index in [1.165, 1.54) is 11.2 Å². The van der Waals surface area contributed by atoms with Gasteiger partial charge in [-0.2, -0.15) is 0 Å². The van der Waals surface area contributed by atoms with Gasteiger partial charge in [0.1, 0.15) is 29.1 Å². The number of anilines is 1. The highest BCUT2D eigenvalue weighted by Gasteiger charge is 2.48. The van der Waals surface area contributed by atoms with Gasteiger partial charge in [0.2, 0.25) is 0 Å². The summed E-state index contributed by atoms with van der Waals surface area (Å²) in [7, 11) is 1.54. The normalized spacial score (nSPS) is 17.6. The molecule has 0 spiro atoms. The van der Waals surface area contributed by atoms with Crippen LogP contribution in [-0.2, 0) is 9.59 Å². The number of benzene rings is 2. The first-order valence-corrected chi connectivity index (χ1v) is 10.2. The molecule has 4 rings (SSSR count). The molecule has 1 N–H and O–H groups in total. The van der Waals surface area contributed by atoms with Crippen molar-refractivity contribution in [3.63, 3.8) is 0 Å². The first kappa shape index (κ1) is 21.2. The number of furan rings is 1. The van der Waals surface area contributed by atoms with Gasteiger partial charge in [0.25, 0.3) is 11.7 Å². The number of rotatable bonds is 6. The molecule has 7 nitrogen and oxygen atoms in total. The molecule has 1 atom stereocenters. The standard InChI is InChI=1S/C25H23NO6/c1-4-31-19-12-7-16(14-15(19)2)23(27)21-22(20-6-5-13-32-20)26(25(29)24(21)28)17-8-10-18(30-3)11-9-17/h5-14,22,27H,4H2,1-3H3/b23-21-. The topological polar surface area (TPSA) is 89.2 Å². The third-order valence-corrected chi connectivity index (χ3v) is 5.36. The zero-order valence-corrected chi connectivity index (χ0v) is 18.0. The van der Waals surface area contributed by atoms with Gasteiger partial charge in [0, 0.05) is 11.3 Å². The SMILES string of the molecule is CCOc1ccc(/C(O)=C2/C(=O)C(=O)N(c3ccc(OC)cc3)C2c2ccco2)cc1C. The maximum absolute atomic E-state index is 13.1. The van der Waals surface area contributed by atoms with Gasteiger partial charge in [-0.1, -0.05) is 0 Å². The van der Waals surface area contributed by atoms with Crippen LogP contribution >= 0.6 is 0 Å². The lowest BCUT2D eigenvalue weighted by Crippen LogP contribution is -2.29. The van der Waals surface area contributed by atoms with Gasteiger partial charge in [-0.3, -0.25) is 14.5 Å². The lowest BCUT2D eigenvalue weighted by molar-refractivity contribution is -0.132. The number of ketones is 1. The molecule has 164 valence electrons. The van der Waals surface area contributed by atoms with Crippen LogP contribution in [0.5, 0.6) is 11.5 Å². The minimum Gasteiger partial charge on any atom is -0.507 e. The van der Waals surface area contributed by atoms with Crippen molar-refractivity contribution in [2.75, 3.05) is 18.6 Å². The number of hydrogen-bond acceptors (Lipinski definition) is 6. The monoisotopic (exact) mass is 433 g/mol. The van der Waals surface area contributed by atoms with Crippen LogP contribution in [0.3, 0.4) is 0 Å². The second-order valence-electron chi connectivity index (χ2n) is 7.30. The summed E-state index contributed by atoms with van der Waals surface area (Å²) >= 11 is 0. The Kier molecular flexibility index (Phi) is 5.73. The summed E-state index contributed by atoms with van der Waals surface area (Å²) in [5.41, 5.74) is 1.66. The third kappa shape index (κ3) is 3.62. The highest BCUT2D eigenvalue weighted by molar-refractivity contribution is 6.51. The van der Waals surface area contributed by atoms with Crippen molar-refractivity contribution in [3.05, 3.63) is 83.3 Å². The van der Waals surface area contributed by atoms with E-state index >= 15 is 0 Å². The van der Waals surface area contributed by atoms with Crippen molar-refractivity contribution in [3.8, 4) is 11.5 Å². The number of carbonyl (C=O) groups excluding carboxylic acids is 2. The Bertz CT molecular complexity index is 1180. The highest BCUT2D eigenvalue weighted by Crippen LogP contribution is 2.42. The van der Waals surface area contributed by atoms with E-state index in [4.69, 9.17) is 13.9 Å². The average molecular weight is 433 g/mol. The smallest absolute Gasteiger partial charge is 0.300 e. The van der Waals surface area contributed by atoms with Crippen LogP contribution in [0.1, 0.15) is 29.9 Å². The Morgan fingerprint density at radius 3 is 2.47 bits per heavy atom. The van der Waals surface area contributed by atoms with Gasteiger partial charge in [-0.15, -0.1) is 0 Å².